The molecule has 6 nitrogen and oxygen atoms in total. The van der Waals surface area contributed by atoms with Gasteiger partial charge >= 0.3 is 0 Å². The van der Waals surface area contributed by atoms with E-state index >= 15 is 0 Å². The molecule has 0 bridgehead atoms. The van der Waals surface area contributed by atoms with Gasteiger partial charge < -0.3 is 14.8 Å². The molecule has 0 atom stereocenters. The lowest BCUT2D eigenvalue weighted by Crippen LogP contribution is -2.39. The van der Waals surface area contributed by atoms with Crippen LogP contribution < -0.4 is 5.32 Å². The van der Waals surface area contributed by atoms with Gasteiger partial charge in [0.2, 0.25) is 0 Å². The molecule has 0 amide bonds. The monoisotopic (exact) mass is 292 g/mol. The highest BCUT2D eigenvalue weighted by molar-refractivity contribution is 5.79. The van der Waals surface area contributed by atoms with E-state index < -0.39 is 0 Å². The largest absolute Gasteiger partial charge is 0.353 e. The molecule has 0 radical (unpaired) electrons. The van der Waals surface area contributed by atoms with E-state index in [2.05, 4.69) is 57.4 Å². The Morgan fingerprint density at radius 2 is 2.33 bits per heavy atom. The Labute approximate surface area is 128 Å². The predicted octanol–water partition coefficient (Wildman–Crippen LogP) is 1.70. The molecule has 21 heavy (non-hydrogen) atoms. The second-order valence-electron chi connectivity index (χ2n) is 4.94. The highest BCUT2D eigenvalue weighted by Gasteiger charge is 2.05. The molecule has 0 spiro atoms. The van der Waals surface area contributed by atoms with Crippen molar-refractivity contribution in [2.45, 2.75) is 39.7 Å². The van der Waals surface area contributed by atoms with E-state index in [9.17, 15) is 0 Å². The molecule has 1 heterocycles. The van der Waals surface area contributed by atoms with Crippen molar-refractivity contribution in [2.24, 2.45) is 4.99 Å². The summed E-state index contributed by atoms with van der Waals surface area (Å²) in [5, 5.41) is 11.3. The van der Waals surface area contributed by atoms with Gasteiger partial charge in [0.25, 0.3) is 0 Å². The summed E-state index contributed by atoms with van der Waals surface area (Å²) in [6, 6.07) is 0. The number of aliphatic imine (C=N–C) groups is 1. The van der Waals surface area contributed by atoms with Gasteiger partial charge in [-0.05, 0) is 6.42 Å². The number of nitrogens with zero attached hydrogens (tertiary/aromatic N) is 5. The van der Waals surface area contributed by atoms with E-state index in [-0.39, 0.29) is 0 Å². The Morgan fingerprint density at radius 3 is 3.00 bits per heavy atom. The zero-order valence-corrected chi connectivity index (χ0v) is 13.5. The first-order valence-electron chi connectivity index (χ1n) is 7.69. The Balaban J connectivity index is 2.58. The summed E-state index contributed by atoms with van der Waals surface area (Å²) in [7, 11) is 2.07. The van der Waals surface area contributed by atoms with Crippen LogP contribution in [0.5, 0.6) is 0 Å². The molecule has 0 unspecified atom stereocenters. The fraction of sp³-hybridized carbons (Fsp3) is 0.667. The van der Waals surface area contributed by atoms with Crippen LogP contribution in [0.1, 0.15) is 32.5 Å². The number of guanidine groups is 1. The van der Waals surface area contributed by atoms with E-state index in [1.807, 2.05) is 6.08 Å². The smallest absolute Gasteiger partial charge is 0.193 e. The first kappa shape index (κ1) is 17.2. The molecule has 6 heteroatoms. The lowest BCUT2D eigenvalue weighted by molar-refractivity contribution is 0.465. The molecule has 0 saturated heterocycles. The zero-order valence-electron chi connectivity index (χ0n) is 13.5. The minimum absolute atomic E-state index is 0.709. The maximum absolute atomic E-state index is 4.67. The SMILES string of the molecule is C=CCNC(=NCCn1cnnc1CC)N(C)CCCC. The summed E-state index contributed by atoms with van der Waals surface area (Å²) in [6.45, 7) is 11.3. The van der Waals surface area contributed by atoms with Crippen LogP contribution in [-0.2, 0) is 13.0 Å². The summed E-state index contributed by atoms with van der Waals surface area (Å²) in [5.41, 5.74) is 0. The maximum atomic E-state index is 4.67. The molecule has 1 aromatic heterocycles. The van der Waals surface area contributed by atoms with Crippen LogP contribution in [0.4, 0.5) is 0 Å². The van der Waals surface area contributed by atoms with Crippen molar-refractivity contribution >= 4 is 5.96 Å². The van der Waals surface area contributed by atoms with Crippen molar-refractivity contribution in [2.75, 3.05) is 26.7 Å². The van der Waals surface area contributed by atoms with Crippen LogP contribution in [0, 0.1) is 0 Å². The quantitative estimate of drug-likeness (QED) is 0.427. The van der Waals surface area contributed by atoms with Crippen molar-refractivity contribution in [1.82, 2.24) is 25.0 Å². The van der Waals surface area contributed by atoms with Crippen LogP contribution >= 0.6 is 0 Å². The minimum atomic E-state index is 0.709. The van der Waals surface area contributed by atoms with Gasteiger partial charge in [0.1, 0.15) is 12.2 Å². The molecule has 1 rings (SSSR count). The first-order chi connectivity index (χ1) is 10.2. The molecule has 0 saturated carbocycles. The second-order valence-corrected chi connectivity index (χ2v) is 4.94. The number of hydrogen-bond acceptors (Lipinski definition) is 3. The summed E-state index contributed by atoms with van der Waals surface area (Å²) < 4.78 is 2.06. The highest BCUT2D eigenvalue weighted by atomic mass is 15.3. The standard InChI is InChI=1S/C15H28N6/c1-5-8-11-20(4)15(16-9-6-2)17-10-12-21-13-18-19-14(21)7-3/h6,13H,2,5,7-12H2,1,3-4H3,(H,16,17). The fourth-order valence-electron chi connectivity index (χ4n) is 1.98. The molecule has 0 aliphatic carbocycles. The molecule has 118 valence electrons. The van der Waals surface area contributed by atoms with Gasteiger partial charge in [-0.3, -0.25) is 4.99 Å². The van der Waals surface area contributed by atoms with E-state index in [1.54, 1.807) is 6.33 Å². The molecular formula is C15H28N6. The molecular weight excluding hydrogens is 264 g/mol. The Hall–Kier alpha value is -1.85. The molecule has 0 aliphatic rings. The minimum Gasteiger partial charge on any atom is -0.353 e. The number of rotatable bonds is 9. The molecule has 1 N–H and O–H groups in total. The van der Waals surface area contributed by atoms with Gasteiger partial charge in [-0.25, -0.2) is 0 Å². The van der Waals surface area contributed by atoms with E-state index in [1.165, 1.54) is 6.42 Å². The van der Waals surface area contributed by atoms with Crippen LogP contribution in [0.15, 0.2) is 24.0 Å². The van der Waals surface area contributed by atoms with Gasteiger partial charge in [-0.2, -0.15) is 0 Å². The summed E-state index contributed by atoms with van der Waals surface area (Å²) in [5.74, 6) is 1.93. The van der Waals surface area contributed by atoms with Gasteiger partial charge in [0.15, 0.2) is 5.96 Å². The average Bonchev–Trinajstić information content (AvgIpc) is 2.95. The summed E-state index contributed by atoms with van der Waals surface area (Å²) in [4.78, 5) is 6.84. The number of aromatic nitrogens is 3. The molecule has 0 aliphatic heterocycles. The van der Waals surface area contributed by atoms with Crippen LogP contribution in [0.25, 0.3) is 0 Å². The van der Waals surface area contributed by atoms with Crippen molar-refractivity contribution < 1.29 is 0 Å². The second kappa shape index (κ2) is 9.96. The summed E-state index contributed by atoms with van der Waals surface area (Å²) in [6.07, 6.45) is 6.85. The van der Waals surface area contributed by atoms with Gasteiger partial charge in [-0.1, -0.05) is 26.3 Å². The Kier molecular flexibility index (Phi) is 8.16. The Bertz CT molecular complexity index is 437. The van der Waals surface area contributed by atoms with Crippen molar-refractivity contribution in [3.05, 3.63) is 24.8 Å². The lowest BCUT2D eigenvalue weighted by atomic mass is 10.3. The number of aryl methyl sites for hydroxylation is 1. The van der Waals surface area contributed by atoms with E-state index in [4.69, 9.17) is 0 Å². The van der Waals surface area contributed by atoms with E-state index in [0.29, 0.717) is 6.54 Å². The fourth-order valence-corrected chi connectivity index (χ4v) is 1.98. The van der Waals surface area contributed by atoms with E-state index in [0.717, 1.165) is 44.3 Å². The number of nitrogens with one attached hydrogen (secondary N) is 1. The summed E-state index contributed by atoms with van der Waals surface area (Å²) >= 11 is 0. The van der Waals surface area contributed by atoms with Crippen LogP contribution in [-0.4, -0.2) is 52.3 Å². The normalized spacial score (nSPS) is 11.5. The predicted molar refractivity (Wildman–Crippen MR) is 87.4 cm³/mol. The van der Waals surface area contributed by atoms with Gasteiger partial charge in [0.05, 0.1) is 6.54 Å². The van der Waals surface area contributed by atoms with Gasteiger partial charge in [-0.15, -0.1) is 16.8 Å². The topological polar surface area (TPSA) is 58.3 Å². The van der Waals surface area contributed by atoms with Gasteiger partial charge in [0, 0.05) is 33.1 Å². The maximum Gasteiger partial charge on any atom is 0.193 e. The third kappa shape index (κ3) is 5.97. The Morgan fingerprint density at radius 1 is 1.52 bits per heavy atom. The zero-order chi connectivity index (χ0) is 15.5. The highest BCUT2D eigenvalue weighted by Crippen LogP contribution is 1.97. The lowest BCUT2D eigenvalue weighted by Gasteiger charge is -2.21. The molecule has 0 fully saturated rings. The third-order valence-electron chi connectivity index (χ3n) is 3.23. The van der Waals surface area contributed by atoms with Crippen LogP contribution in [0.3, 0.4) is 0 Å². The first-order valence-corrected chi connectivity index (χ1v) is 7.69. The van der Waals surface area contributed by atoms with Crippen LogP contribution in [0.2, 0.25) is 0 Å². The van der Waals surface area contributed by atoms with Crippen molar-refractivity contribution in [3.8, 4) is 0 Å². The number of unbranched alkanes of at least 4 members (excludes halogenated alkanes) is 1. The number of hydrogen-bond donors (Lipinski definition) is 1. The molecule has 1 aromatic rings. The average molecular weight is 292 g/mol. The van der Waals surface area contributed by atoms with Crippen molar-refractivity contribution in [1.29, 1.82) is 0 Å². The molecule has 0 aromatic carbocycles. The van der Waals surface area contributed by atoms with Crippen molar-refractivity contribution in [3.63, 3.8) is 0 Å². The third-order valence-corrected chi connectivity index (χ3v) is 3.23.